The van der Waals surface area contributed by atoms with E-state index >= 15 is 0 Å². The van der Waals surface area contributed by atoms with Crippen molar-refractivity contribution in [2.45, 2.75) is 30.1 Å². The molecule has 2 aromatic carbocycles. The second kappa shape index (κ2) is 10.7. The molecule has 170 valence electrons. The van der Waals surface area contributed by atoms with Crippen LogP contribution in [0.4, 0.5) is 4.79 Å². The van der Waals surface area contributed by atoms with E-state index in [1.807, 2.05) is 24.9 Å². The molecule has 31 heavy (non-hydrogen) atoms. The Labute approximate surface area is 185 Å². The predicted molar refractivity (Wildman–Crippen MR) is 123 cm³/mol. The van der Waals surface area contributed by atoms with Crippen molar-refractivity contribution in [1.29, 1.82) is 0 Å². The summed E-state index contributed by atoms with van der Waals surface area (Å²) in [6.45, 7) is 4.64. The first-order valence-electron chi connectivity index (χ1n) is 10.3. The molecule has 0 bridgehead atoms. The molecule has 0 radical (unpaired) electrons. The van der Waals surface area contributed by atoms with E-state index in [-0.39, 0.29) is 16.3 Å². The van der Waals surface area contributed by atoms with E-state index in [1.54, 1.807) is 31.1 Å². The molecule has 1 saturated heterocycles. The molecule has 1 heterocycles. The van der Waals surface area contributed by atoms with E-state index in [1.165, 1.54) is 17.7 Å². The van der Waals surface area contributed by atoms with Crippen LogP contribution < -0.4 is 5.32 Å². The van der Waals surface area contributed by atoms with Gasteiger partial charge in [0.15, 0.2) is 0 Å². The second-order valence-electron chi connectivity index (χ2n) is 8.22. The Morgan fingerprint density at radius 2 is 1.55 bits per heavy atom. The lowest BCUT2D eigenvalue weighted by molar-refractivity contribution is 0.158. The Kier molecular flexibility index (Phi) is 8.61. The molecule has 2 N–H and O–H groups in total. The number of benzene rings is 2. The molecule has 7 nitrogen and oxygen atoms in total. The normalized spacial score (nSPS) is 15.4. The maximum atomic E-state index is 12.1. The third kappa shape index (κ3) is 7.05. The third-order valence-corrected chi connectivity index (χ3v) is 6.38. The summed E-state index contributed by atoms with van der Waals surface area (Å²) in [5, 5.41) is 3.42. The number of piperidine rings is 1. The smallest absolute Gasteiger partial charge is 0.319 e. The first kappa shape index (κ1) is 24.8. The number of hydrogen-bond donors (Lipinski definition) is 2. The number of aryl methyl sites for hydroxylation is 1. The highest BCUT2D eigenvalue weighted by Crippen LogP contribution is 2.34. The average molecular weight is 448 g/mol. The summed E-state index contributed by atoms with van der Waals surface area (Å²) < 4.78 is 29.6. The zero-order valence-corrected chi connectivity index (χ0v) is 19.5. The van der Waals surface area contributed by atoms with Gasteiger partial charge in [0, 0.05) is 33.1 Å². The highest BCUT2D eigenvalue weighted by atomic mass is 32.2. The Morgan fingerprint density at radius 1 is 1.00 bits per heavy atom. The molecule has 0 aliphatic carbocycles. The van der Waals surface area contributed by atoms with Crippen LogP contribution >= 0.6 is 0 Å². The van der Waals surface area contributed by atoms with Gasteiger partial charge in [0.2, 0.25) is 0 Å². The van der Waals surface area contributed by atoms with Crippen LogP contribution in [0, 0.1) is 6.92 Å². The first-order chi connectivity index (χ1) is 14.5. The number of urea groups is 1. The molecule has 1 fully saturated rings. The maximum absolute atomic E-state index is 12.1. The summed E-state index contributed by atoms with van der Waals surface area (Å²) in [6, 6.07) is 16.7. The zero-order valence-electron chi connectivity index (χ0n) is 18.7. The van der Waals surface area contributed by atoms with Crippen LogP contribution in [0.3, 0.4) is 0 Å². The third-order valence-electron chi connectivity index (χ3n) is 5.51. The van der Waals surface area contributed by atoms with Crippen molar-refractivity contribution in [3.05, 3.63) is 65.7 Å². The van der Waals surface area contributed by atoms with Crippen LogP contribution in [0.5, 0.6) is 0 Å². The second-order valence-corrected chi connectivity index (χ2v) is 9.64. The van der Waals surface area contributed by atoms with Gasteiger partial charge in [-0.05, 0) is 50.6 Å². The van der Waals surface area contributed by atoms with Gasteiger partial charge < -0.3 is 15.1 Å². The van der Waals surface area contributed by atoms with E-state index in [9.17, 15) is 13.2 Å². The van der Waals surface area contributed by atoms with Crippen LogP contribution in [-0.4, -0.2) is 69.6 Å². The number of nitrogens with one attached hydrogen (secondary N) is 1. The summed E-state index contributed by atoms with van der Waals surface area (Å²) >= 11 is 0. The van der Waals surface area contributed by atoms with E-state index in [0.29, 0.717) is 0 Å². The number of carbonyl (C=O) groups is 1. The number of hydrogen-bond acceptors (Lipinski definition) is 4. The van der Waals surface area contributed by atoms with Crippen LogP contribution in [0.2, 0.25) is 0 Å². The quantitative estimate of drug-likeness (QED) is 0.703. The van der Waals surface area contributed by atoms with Crippen molar-refractivity contribution in [1.82, 2.24) is 15.1 Å². The average Bonchev–Trinajstić information content (AvgIpc) is 2.74. The van der Waals surface area contributed by atoms with Crippen LogP contribution in [0.15, 0.2) is 59.5 Å². The van der Waals surface area contributed by atoms with Gasteiger partial charge in [0.05, 0.1) is 4.90 Å². The van der Waals surface area contributed by atoms with Crippen molar-refractivity contribution in [2.24, 2.45) is 0 Å². The van der Waals surface area contributed by atoms with Crippen molar-refractivity contribution in [3.8, 4) is 0 Å². The lowest BCUT2D eigenvalue weighted by atomic mass is 9.73. The maximum Gasteiger partial charge on any atom is 0.319 e. The molecule has 2 aromatic rings. The fourth-order valence-electron chi connectivity index (χ4n) is 3.81. The van der Waals surface area contributed by atoms with E-state index < -0.39 is 10.1 Å². The molecule has 0 atom stereocenters. The van der Waals surface area contributed by atoms with E-state index in [0.717, 1.165) is 38.0 Å². The van der Waals surface area contributed by atoms with Gasteiger partial charge in [-0.25, -0.2) is 4.79 Å². The summed E-state index contributed by atoms with van der Waals surface area (Å²) in [5.74, 6) is 0. The van der Waals surface area contributed by atoms with Gasteiger partial charge in [-0.3, -0.25) is 4.55 Å². The van der Waals surface area contributed by atoms with Crippen molar-refractivity contribution in [3.63, 3.8) is 0 Å². The van der Waals surface area contributed by atoms with Gasteiger partial charge in [0.25, 0.3) is 10.1 Å². The van der Waals surface area contributed by atoms with Crippen LogP contribution in [0.1, 0.15) is 24.0 Å². The summed E-state index contributed by atoms with van der Waals surface area (Å²) in [6.07, 6.45) is 2.14. The molecule has 8 heteroatoms. The summed E-state index contributed by atoms with van der Waals surface area (Å²) in [5.41, 5.74) is 2.38. The van der Waals surface area contributed by atoms with E-state index in [2.05, 4.69) is 29.6 Å². The number of rotatable bonds is 4. The number of carbonyl (C=O) groups excluding carboxylic acids is 1. The monoisotopic (exact) mass is 447 g/mol. The highest BCUT2D eigenvalue weighted by molar-refractivity contribution is 7.85. The van der Waals surface area contributed by atoms with Crippen LogP contribution in [-0.2, 0) is 15.5 Å². The zero-order chi connectivity index (χ0) is 23.1. The van der Waals surface area contributed by atoms with Gasteiger partial charge in [-0.1, -0.05) is 48.0 Å². The molecule has 3 rings (SSSR count). The molecule has 0 unspecified atom stereocenters. The predicted octanol–water partition coefficient (Wildman–Crippen LogP) is 3.16. The topological polar surface area (TPSA) is 90.0 Å². The summed E-state index contributed by atoms with van der Waals surface area (Å²) in [4.78, 5) is 15.5. The Morgan fingerprint density at radius 3 is 2.03 bits per heavy atom. The van der Waals surface area contributed by atoms with Gasteiger partial charge in [0.1, 0.15) is 0 Å². The van der Waals surface area contributed by atoms with Crippen molar-refractivity contribution >= 4 is 16.1 Å². The molecule has 0 saturated carbocycles. The minimum absolute atomic E-state index is 0.0666. The molecule has 2 amide bonds. The van der Waals surface area contributed by atoms with Gasteiger partial charge in [-0.2, -0.15) is 8.42 Å². The largest absolute Gasteiger partial charge is 0.331 e. The lowest BCUT2D eigenvalue weighted by Gasteiger charge is -2.41. The van der Waals surface area contributed by atoms with Crippen molar-refractivity contribution in [2.75, 3.05) is 40.8 Å². The Balaban J connectivity index is 0.000000262. The minimum Gasteiger partial charge on any atom is -0.331 e. The Bertz CT molecular complexity index is 939. The molecular weight excluding hydrogens is 414 g/mol. The lowest BCUT2D eigenvalue weighted by Crippen LogP contribution is -2.50. The molecule has 0 spiro atoms. The molecule has 1 aliphatic heterocycles. The SMILES string of the molecule is CN(C)C(=O)N(C)CC1(c2ccccc2)CCNCC1.Cc1ccc(S(=O)(=O)O)cc1. The van der Waals surface area contributed by atoms with Gasteiger partial charge in [-0.15, -0.1) is 0 Å². The molecule has 0 aromatic heterocycles. The number of likely N-dealkylation sites (N-methyl/N-ethyl adjacent to an activating group) is 1. The standard InChI is InChI=1S/C16H25N3O.C7H8O3S/c1-18(2)15(20)19(3)13-16(9-11-17-12-10-16)14-7-5-4-6-8-14;1-6-2-4-7(5-3-6)11(8,9)10/h4-8,17H,9-13H2,1-3H3;2-5H,1H3,(H,8,9,10). The van der Waals surface area contributed by atoms with E-state index in [4.69, 9.17) is 4.55 Å². The van der Waals surface area contributed by atoms with Crippen molar-refractivity contribution < 1.29 is 17.8 Å². The fraction of sp³-hybridized carbons (Fsp3) is 0.435. The van der Waals surface area contributed by atoms with Gasteiger partial charge >= 0.3 is 6.03 Å². The number of amides is 2. The molecular formula is C23H33N3O4S. The van der Waals surface area contributed by atoms with Crippen LogP contribution in [0.25, 0.3) is 0 Å². The first-order valence-corrected chi connectivity index (χ1v) is 11.7. The summed E-state index contributed by atoms with van der Waals surface area (Å²) in [7, 11) is 1.48. The minimum atomic E-state index is -4.02. The number of nitrogens with zero attached hydrogens (tertiary/aromatic N) is 2. The molecule has 1 aliphatic rings. The Hall–Kier alpha value is -2.42. The highest BCUT2D eigenvalue weighted by Gasteiger charge is 2.36. The fourth-order valence-corrected chi connectivity index (χ4v) is 4.29.